The van der Waals surface area contributed by atoms with E-state index in [0.29, 0.717) is 27.5 Å². The first kappa shape index (κ1) is 18.3. The van der Waals surface area contributed by atoms with Gasteiger partial charge in [0.25, 0.3) is 5.56 Å². The van der Waals surface area contributed by atoms with Crippen molar-refractivity contribution in [2.45, 2.75) is 13.1 Å². The summed E-state index contributed by atoms with van der Waals surface area (Å²) in [6.45, 7) is 0.241. The van der Waals surface area contributed by atoms with E-state index in [1.165, 1.54) is 10.9 Å². The molecule has 28 heavy (non-hydrogen) atoms. The fourth-order valence-electron chi connectivity index (χ4n) is 2.68. The summed E-state index contributed by atoms with van der Waals surface area (Å²) in [5.41, 5.74) is 2.64. The Morgan fingerprint density at radius 1 is 1.14 bits per heavy atom. The number of nitrogens with one attached hydrogen (secondary N) is 1. The van der Waals surface area contributed by atoms with Gasteiger partial charge in [-0.25, -0.2) is 4.98 Å². The Kier molecular flexibility index (Phi) is 5.14. The molecule has 0 aliphatic carbocycles. The first-order valence-electron chi connectivity index (χ1n) is 8.38. The summed E-state index contributed by atoms with van der Waals surface area (Å²) >= 11 is 6.93. The third kappa shape index (κ3) is 3.78. The van der Waals surface area contributed by atoms with Crippen LogP contribution in [0.3, 0.4) is 0 Å². The van der Waals surface area contributed by atoms with E-state index in [2.05, 4.69) is 19.7 Å². The predicted molar refractivity (Wildman–Crippen MR) is 108 cm³/mol. The largest absolute Gasteiger partial charge is 0.350 e. The summed E-state index contributed by atoms with van der Waals surface area (Å²) in [5.74, 6) is -0.280. The molecule has 0 unspecified atom stereocenters. The minimum Gasteiger partial charge on any atom is -0.350 e. The van der Waals surface area contributed by atoms with Crippen molar-refractivity contribution >= 4 is 39.3 Å². The van der Waals surface area contributed by atoms with Crippen molar-refractivity contribution in [3.8, 4) is 11.3 Å². The molecule has 7 nitrogen and oxygen atoms in total. The number of pyridine rings is 1. The maximum atomic E-state index is 12.7. The van der Waals surface area contributed by atoms with Crippen molar-refractivity contribution in [3.63, 3.8) is 0 Å². The van der Waals surface area contributed by atoms with Crippen molar-refractivity contribution in [2.24, 2.45) is 0 Å². The van der Waals surface area contributed by atoms with Gasteiger partial charge in [-0.15, -0.1) is 0 Å². The van der Waals surface area contributed by atoms with Gasteiger partial charge in [-0.3, -0.25) is 19.1 Å². The van der Waals surface area contributed by atoms with Crippen molar-refractivity contribution in [3.05, 3.63) is 76.1 Å². The lowest BCUT2D eigenvalue weighted by atomic mass is 10.2. The average Bonchev–Trinajstić information content (AvgIpc) is 3.15. The molecular weight excluding hydrogens is 398 g/mol. The van der Waals surface area contributed by atoms with Crippen LogP contribution in [0.5, 0.6) is 0 Å². The van der Waals surface area contributed by atoms with Crippen molar-refractivity contribution in [2.75, 3.05) is 0 Å². The molecule has 1 amide bonds. The molecule has 3 heterocycles. The molecule has 0 aliphatic rings. The molecule has 1 N–H and O–H groups in total. The zero-order valence-electron chi connectivity index (χ0n) is 14.5. The number of carbonyl (C=O) groups excluding carboxylic acids is 1. The molecular formula is C19H14ClN5O2S. The summed E-state index contributed by atoms with van der Waals surface area (Å²) in [6.07, 6.45) is 4.70. The quantitative estimate of drug-likeness (QED) is 0.545. The normalized spacial score (nSPS) is 10.9. The summed E-state index contributed by atoms with van der Waals surface area (Å²) in [7, 11) is 0. The van der Waals surface area contributed by atoms with E-state index >= 15 is 0 Å². The highest BCUT2D eigenvalue weighted by Gasteiger charge is 2.15. The molecule has 0 radical (unpaired) electrons. The van der Waals surface area contributed by atoms with E-state index in [1.807, 2.05) is 24.3 Å². The van der Waals surface area contributed by atoms with Crippen LogP contribution in [-0.4, -0.2) is 24.8 Å². The zero-order chi connectivity index (χ0) is 19.5. The lowest BCUT2D eigenvalue weighted by Crippen LogP contribution is -2.31. The lowest BCUT2D eigenvalue weighted by Gasteiger charge is -2.07. The number of amides is 1. The number of hydrogen-bond acceptors (Lipinski definition) is 6. The molecule has 9 heteroatoms. The summed E-state index contributed by atoms with van der Waals surface area (Å²) in [4.78, 5) is 33.3. The Morgan fingerprint density at radius 3 is 2.64 bits per heavy atom. The van der Waals surface area contributed by atoms with Gasteiger partial charge in [-0.2, -0.15) is 4.37 Å². The number of halogens is 1. The van der Waals surface area contributed by atoms with Crippen LogP contribution in [0.15, 0.2) is 59.9 Å². The second-order valence-corrected chi connectivity index (χ2v) is 7.24. The van der Waals surface area contributed by atoms with Gasteiger partial charge in [-0.05, 0) is 41.4 Å². The predicted octanol–water partition coefficient (Wildman–Crippen LogP) is 2.88. The average molecular weight is 412 g/mol. The topological polar surface area (TPSA) is 89.8 Å². The Morgan fingerprint density at radius 2 is 1.89 bits per heavy atom. The van der Waals surface area contributed by atoms with Crippen molar-refractivity contribution in [1.29, 1.82) is 0 Å². The Hall–Kier alpha value is -3.10. The molecule has 4 rings (SSSR count). The molecule has 0 spiro atoms. The number of hydrogen-bond donors (Lipinski definition) is 1. The molecule has 0 bridgehead atoms. The van der Waals surface area contributed by atoms with Crippen LogP contribution in [0.2, 0.25) is 5.02 Å². The first-order valence-corrected chi connectivity index (χ1v) is 9.53. The number of fused-ring (bicyclic) bond motifs is 1. The van der Waals surface area contributed by atoms with Crippen LogP contribution in [0.25, 0.3) is 21.5 Å². The zero-order valence-corrected chi connectivity index (χ0v) is 16.1. The second-order valence-electron chi connectivity index (χ2n) is 6.03. The molecule has 0 fully saturated rings. The fraction of sp³-hybridized carbons (Fsp3) is 0.105. The summed E-state index contributed by atoms with van der Waals surface area (Å²) in [6, 6.07) is 10.8. The summed E-state index contributed by atoms with van der Waals surface area (Å²) < 4.78 is 6.06. The second kappa shape index (κ2) is 7.87. The minimum atomic E-state index is -0.288. The number of rotatable bonds is 5. The monoisotopic (exact) mass is 411 g/mol. The Bertz CT molecular complexity index is 1190. The summed E-state index contributed by atoms with van der Waals surface area (Å²) in [5, 5.41) is 3.42. The van der Waals surface area contributed by atoms with Crippen LogP contribution in [0, 0.1) is 0 Å². The highest BCUT2D eigenvalue weighted by molar-refractivity contribution is 7.13. The van der Waals surface area contributed by atoms with Crippen LogP contribution >= 0.6 is 23.1 Å². The maximum Gasteiger partial charge on any atom is 0.273 e. The smallest absolute Gasteiger partial charge is 0.273 e. The van der Waals surface area contributed by atoms with Crippen molar-refractivity contribution in [1.82, 2.24) is 24.2 Å². The number of nitrogens with zero attached hydrogens (tertiary/aromatic N) is 4. The third-order valence-corrected chi connectivity index (χ3v) is 5.20. The molecule has 140 valence electrons. The van der Waals surface area contributed by atoms with Gasteiger partial charge in [0.2, 0.25) is 5.91 Å². The fourth-order valence-corrected chi connectivity index (χ4v) is 3.61. The SMILES string of the molecule is O=C(Cn1cnc2c(-c3ccncc3)nsc2c1=O)NCc1ccc(Cl)cc1. The van der Waals surface area contributed by atoms with Crippen LogP contribution in [0.4, 0.5) is 0 Å². The highest BCUT2D eigenvalue weighted by atomic mass is 35.5. The highest BCUT2D eigenvalue weighted by Crippen LogP contribution is 2.26. The van der Waals surface area contributed by atoms with E-state index in [-0.39, 0.29) is 18.0 Å². The Labute approximate surface area is 168 Å². The van der Waals surface area contributed by atoms with E-state index < -0.39 is 0 Å². The van der Waals surface area contributed by atoms with E-state index in [9.17, 15) is 9.59 Å². The number of aromatic nitrogens is 4. The van der Waals surface area contributed by atoms with E-state index in [4.69, 9.17) is 11.6 Å². The van der Waals surface area contributed by atoms with Gasteiger partial charge in [-0.1, -0.05) is 23.7 Å². The van der Waals surface area contributed by atoms with Crippen molar-refractivity contribution < 1.29 is 4.79 Å². The van der Waals surface area contributed by atoms with E-state index in [1.54, 1.807) is 24.5 Å². The molecule has 0 aliphatic heterocycles. The molecule has 0 saturated carbocycles. The molecule has 3 aromatic heterocycles. The van der Waals surface area contributed by atoms with Gasteiger partial charge in [0.15, 0.2) is 0 Å². The molecule has 0 saturated heterocycles. The van der Waals surface area contributed by atoms with E-state index in [0.717, 1.165) is 22.7 Å². The van der Waals surface area contributed by atoms with Gasteiger partial charge < -0.3 is 5.32 Å². The minimum absolute atomic E-state index is 0.113. The molecule has 4 aromatic rings. The molecule has 0 atom stereocenters. The van der Waals surface area contributed by atoms with Gasteiger partial charge in [0.05, 0.1) is 6.33 Å². The van der Waals surface area contributed by atoms with Gasteiger partial charge in [0.1, 0.15) is 22.5 Å². The van der Waals surface area contributed by atoms with Gasteiger partial charge >= 0.3 is 0 Å². The van der Waals surface area contributed by atoms with Crippen LogP contribution in [0.1, 0.15) is 5.56 Å². The number of benzene rings is 1. The number of carbonyl (C=O) groups is 1. The van der Waals surface area contributed by atoms with Gasteiger partial charge in [0, 0.05) is 29.5 Å². The Balaban J connectivity index is 1.51. The lowest BCUT2D eigenvalue weighted by molar-refractivity contribution is -0.121. The third-order valence-electron chi connectivity index (χ3n) is 4.12. The van der Waals surface area contributed by atoms with Crippen LogP contribution < -0.4 is 10.9 Å². The molecule has 1 aromatic carbocycles. The first-order chi connectivity index (χ1) is 13.6. The standard InChI is InChI=1S/C19H14ClN5O2S/c20-14-3-1-12(2-4-14)9-22-15(26)10-25-11-23-17-16(13-5-7-21-8-6-13)24-28-18(17)19(25)27/h1-8,11H,9-10H2,(H,22,26). The maximum absolute atomic E-state index is 12.7. The van der Waals surface area contributed by atoms with Crippen LogP contribution in [-0.2, 0) is 17.9 Å².